The van der Waals surface area contributed by atoms with E-state index in [2.05, 4.69) is 11.4 Å². The van der Waals surface area contributed by atoms with Crippen molar-refractivity contribution < 1.29 is 13.2 Å². The Morgan fingerprint density at radius 1 is 1.28 bits per heavy atom. The lowest BCUT2D eigenvalue weighted by Gasteiger charge is -2.15. The summed E-state index contributed by atoms with van der Waals surface area (Å²) in [6, 6.07) is 6.12. The molecule has 1 aromatic rings. The molecule has 1 nitrogen and oxygen atoms in total. The van der Waals surface area contributed by atoms with Gasteiger partial charge in [0.25, 0.3) is 0 Å². The summed E-state index contributed by atoms with van der Waals surface area (Å²) in [7, 11) is 0. The first-order chi connectivity index (χ1) is 8.28. The van der Waals surface area contributed by atoms with Crippen LogP contribution in [0.15, 0.2) is 23.1 Å². The van der Waals surface area contributed by atoms with Crippen molar-refractivity contribution in [3.8, 4) is 0 Å². The number of hydrogen-bond acceptors (Lipinski definition) is 2. The summed E-state index contributed by atoms with van der Waals surface area (Å²) in [5.41, 5.74) is 2.36. The second-order valence-corrected chi connectivity index (χ2v) is 5.92. The summed E-state index contributed by atoms with van der Waals surface area (Å²) >= 11 is 1.60. The van der Waals surface area contributed by atoms with Gasteiger partial charge in [0.2, 0.25) is 0 Å². The lowest BCUT2D eigenvalue weighted by atomic mass is 10.2. The van der Waals surface area contributed by atoms with Gasteiger partial charge in [-0.1, -0.05) is 24.6 Å². The Morgan fingerprint density at radius 3 is 2.50 bits per heavy atom. The zero-order chi connectivity index (χ0) is 13.8. The van der Waals surface area contributed by atoms with Gasteiger partial charge in [-0.05, 0) is 25.5 Å². The maximum absolute atomic E-state index is 12.0. The number of hydrogen-bond donors (Lipinski definition) is 1. The third kappa shape index (κ3) is 5.78. The number of thioether (sulfide) groups is 1. The zero-order valence-corrected chi connectivity index (χ0v) is 11.6. The Labute approximate surface area is 110 Å². The fourth-order valence-electron chi connectivity index (χ4n) is 1.61. The summed E-state index contributed by atoms with van der Waals surface area (Å²) in [5.74, 6) is 0. The minimum atomic E-state index is -4.13. The molecule has 0 saturated heterocycles. The lowest BCUT2D eigenvalue weighted by molar-refractivity contribution is -0.124. The van der Waals surface area contributed by atoms with Crippen molar-refractivity contribution in [1.82, 2.24) is 5.32 Å². The van der Waals surface area contributed by atoms with Crippen LogP contribution in [0.4, 0.5) is 13.2 Å². The van der Waals surface area contributed by atoms with Crippen LogP contribution in [0.1, 0.15) is 18.1 Å². The van der Waals surface area contributed by atoms with Crippen LogP contribution in [-0.4, -0.2) is 24.5 Å². The van der Waals surface area contributed by atoms with Gasteiger partial charge in [-0.15, -0.1) is 11.8 Å². The second-order valence-electron chi connectivity index (χ2n) is 4.44. The number of alkyl halides is 3. The maximum Gasteiger partial charge on any atom is 0.401 e. The molecule has 0 aromatic heterocycles. The van der Waals surface area contributed by atoms with Gasteiger partial charge in [0.1, 0.15) is 0 Å². The van der Waals surface area contributed by atoms with Crippen molar-refractivity contribution in [1.29, 1.82) is 0 Å². The quantitative estimate of drug-likeness (QED) is 0.818. The Morgan fingerprint density at radius 2 is 1.94 bits per heavy atom. The average molecular weight is 277 g/mol. The Balaban J connectivity index is 2.42. The van der Waals surface area contributed by atoms with Gasteiger partial charge < -0.3 is 5.32 Å². The molecule has 0 heterocycles. The highest BCUT2D eigenvalue weighted by atomic mass is 32.2. The Hall–Kier alpha value is -0.680. The van der Waals surface area contributed by atoms with Crippen LogP contribution < -0.4 is 5.32 Å². The zero-order valence-electron chi connectivity index (χ0n) is 10.8. The van der Waals surface area contributed by atoms with E-state index in [0.29, 0.717) is 6.54 Å². The smallest absolute Gasteiger partial charge is 0.308 e. The molecule has 0 aliphatic rings. The van der Waals surface area contributed by atoms with Crippen molar-refractivity contribution >= 4 is 11.8 Å². The third-order valence-corrected chi connectivity index (χ3v) is 3.70. The van der Waals surface area contributed by atoms with Crippen molar-refractivity contribution in [2.24, 2.45) is 0 Å². The molecule has 0 bridgehead atoms. The number of rotatable bonds is 5. The first-order valence-corrected chi connectivity index (χ1v) is 6.67. The molecule has 0 spiro atoms. The molecule has 1 rings (SSSR count). The van der Waals surface area contributed by atoms with E-state index in [-0.39, 0.29) is 5.25 Å². The molecule has 0 radical (unpaired) electrons. The molecular formula is C13H18F3NS. The number of aryl methyl sites for hydroxylation is 2. The summed E-state index contributed by atoms with van der Waals surface area (Å²) in [6.45, 7) is 5.39. The van der Waals surface area contributed by atoms with Crippen molar-refractivity contribution in [2.75, 3.05) is 13.1 Å². The molecule has 0 aliphatic heterocycles. The van der Waals surface area contributed by atoms with E-state index in [4.69, 9.17) is 0 Å². The van der Waals surface area contributed by atoms with E-state index in [1.807, 2.05) is 32.9 Å². The van der Waals surface area contributed by atoms with Crippen LogP contribution in [0, 0.1) is 13.8 Å². The highest BCUT2D eigenvalue weighted by Gasteiger charge is 2.26. The van der Waals surface area contributed by atoms with E-state index in [9.17, 15) is 13.2 Å². The van der Waals surface area contributed by atoms with Crippen LogP contribution in [0.3, 0.4) is 0 Å². The van der Waals surface area contributed by atoms with Gasteiger partial charge in [0.05, 0.1) is 6.54 Å². The molecule has 18 heavy (non-hydrogen) atoms. The first kappa shape index (κ1) is 15.4. The molecule has 0 fully saturated rings. The highest BCUT2D eigenvalue weighted by molar-refractivity contribution is 8.00. The van der Waals surface area contributed by atoms with E-state index in [1.54, 1.807) is 11.8 Å². The SMILES string of the molecule is Cc1ccc(SC(C)CNCC(F)(F)F)c(C)c1. The van der Waals surface area contributed by atoms with Crippen molar-refractivity contribution in [2.45, 2.75) is 37.1 Å². The van der Waals surface area contributed by atoms with Gasteiger partial charge in [-0.2, -0.15) is 13.2 Å². The normalized spacial score (nSPS) is 13.7. The van der Waals surface area contributed by atoms with E-state index >= 15 is 0 Å². The minimum absolute atomic E-state index is 0.105. The predicted molar refractivity (Wildman–Crippen MR) is 70.2 cm³/mol. The summed E-state index contributed by atoms with van der Waals surface area (Å²) in [4.78, 5) is 1.13. The average Bonchev–Trinajstić information content (AvgIpc) is 2.20. The van der Waals surface area contributed by atoms with Crippen LogP contribution in [0.5, 0.6) is 0 Å². The molecule has 1 N–H and O–H groups in total. The second kappa shape index (κ2) is 6.48. The molecule has 5 heteroatoms. The first-order valence-electron chi connectivity index (χ1n) is 5.79. The van der Waals surface area contributed by atoms with E-state index < -0.39 is 12.7 Å². The van der Waals surface area contributed by atoms with Gasteiger partial charge in [-0.25, -0.2) is 0 Å². The molecule has 102 valence electrons. The monoisotopic (exact) mass is 277 g/mol. The van der Waals surface area contributed by atoms with Gasteiger partial charge in [-0.3, -0.25) is 0 Å². The minimum Gasteiger partial charge on any atom is -0.308 e. The fraction of sp³-hybridized carbons (Fsp3) is 0.538. The molecule has 0 aliphatic carbocycles. The Kier molecular flexibility index (Phi) is 5.53. The number of benzene rings is 1. The Bertz CT molecular complexity index is 390. The van der Waals surface area contributed by atoms with Crippen molar-refractivity contribution in [3.05, 3.63) is 29.3 Å². The fourth-order valence-corrected chi connectivity index (χ4v) is 2.63. The molecular weight excluding hydrogens is 259 g/mol. The predicted octanol–water partition coefficient (Wildman–Crippen LogP) is 3.94. The molecule has 1 unspecified atom stereocenters. The number of halogens is 3. The third-order valence-electron chi connectivity index (χ3n) is 2.42. The highest BCUT2D eigenvalue weighted by Crippen LogP contribution is 2.27. The van der Waals surface area contributed by atoms with Crippen LogP contribution in [0.2, 0.25) is 0 Å². The largest absolute Gasteiger partial charge is 0.401 e. The van der Waals surface area contributed by atoms with Crippen LogP contribution in [0.25, 0.3) is 0 Å². The molecule has 1 atom stereocenters. The summed E-state index contributed by atoms with van der Waals surface area (Å²) in [5, 5.41) is 2.54. The molecule has 1 aromatic carbocycles. The van der Waals surface area contributed by atoms with Gasteiger partial charge >= 0.3 is 6.18 Å². The van der Waals surface area contributed by atoms with Crippen molar-refractivity contribution in [3.63, 3.8) is 0 Å². The molecule has 0 saturated carbocycles. The maximum atomic E-state index is 12.0. The summed E-state index contributed by atoms with van der Waals surface area (Å²) < 4.78 is 35.9. The van der Waals surface area contributed by atoms with E-state index in [1.165, 1.54) is 11.1 Å². The van der Waals surface area contributed by atoms with Crippen LogP contribution in [-0.2, 0) is 0 Å². The molecule has 0 amide bonds. The van der Waals surface area contributed by atoms with Gasteiger partial charge in [0, 0.05) is 16.7 Å². The number of nitrogens with one attached hydrogen (secondary N) is 1. The van der Waals surface area contributed by atoms with Gasteiger partial charge in [0.15, 0.2) is 0 Å². The summed E-state index contributed by atoms with van der Waals surface area (Å²) in [6.07, 6.45) is -4.13. The van der Waals surface area contributed by atoms with Crippen LogP contribution >= 0.6 is 11.8 Å². The topological polar surface area (TPSA) is 12.0 Å². The van der Waals surface area contributed by atoms with E-state index in [0.717, 1.165) is 4.90 Å². The lowest BCUT2D eigenvalue weighted by Crippen LogP contribution is -2.32. The standard InChI is InChI=1S/C13H18F3NS/c1-9-4-5-12(10(2)6-9)18-11(3)7-17-8-13(14,15)16/h4-6,11,17H,7-8H2,1-3H3.